The first-order chi connectivity index (χ1) is 7.65. The lowest BCUT2D eigenvalue weighted by Gasteiger charge is -2.13. The highest BCUT2D eigenvalue weighted by Gasteiger charge is 2.40. The number of carbonyl (C=O) groups excluding carboxylic acids is 1. The minimum absolute atomic E-state index is 0.0213. The summed E-state index contributed by atoms with van der Waals surface area (Å²) in [5.74, 6) is -0.0213. The van der Waals surface area contributed by atoms with E-state index in [4.69, 9.17) is 5.73 Å². The van der Waals surface area contributed by atoms with Gasteiger partial charge in [0.2, 0.25) is 0 Å². The number of amides is 1. The Hall–Kier alpha value is -1.51. The lowest BCUT2D eigenvalue weighted by atomic mass is 10.0. The molecular weight excluding hydrogens is 200 g/mol. The number of hydrogen-bond acceptors (Lipinski definition) is 2. The molecule has 0 saturated heterocycles. The van der Waals surface area contributed by atoms with Gasteiger partial charge >= 0.3 is 0 Å². The fraction of sp³-hybridized carbons (Fsp3) is 0.462. The highest BCUT2D eigenvalue weighted by atomic mass is 16.1. The van der Waals surface area contributed by atoms with Crippen molar-refractivity contribution < 1.29 is 4.79 Å². The zero-order valence-electron chi connectivity index (χ0n) is 9.62. The number of anilines is 1. The van der Waals surface area contributed by atoms with E-state index in [1.54, 1.807) is 24.3 Å². The second-order valence-electron chi connectivity index (χ2n) is 4.66. The van der Waals surface area contributed by atoms with Crippen LogP contribution in [0.5, 0.6) is 0 Å². The van der Waals surface area contributed by atoms with Crippen molar-refractivity contribution in [2.45, 2.75) is 26.2 Å². The molecule has 3 N–H and O–H groups in total. The monoisotopic (exact) mass is 218 g/mol. The van der Waals surface area contributed by atoms with Gasteiger partial charge in [-0.25, -0.2) is 0 Å². The Labute approximate surface area is 96.0 Å². The van der Waals surface area contributed by atoms with E-state index >= 15 is 0 Å². The minimum atomic E-state index is -0.0213. The summed E-state index contributed by atoms with van der Waals surface area (Å²) in [6.45, 7) is 2.97. The summed E-state index contributed by atoms with van der Waals surface area (Å²) < 4.78 is 0. The average molecular weight is 218 g/mol. The van der Waals surface area contributed by atoms with Crippen molar-refractivity contribution in [2.75, 3.05) is 12.3 Å². The summed E-state index contributed by atoms with van der Waals surface area (Å²) in [6, 6.07) is 7.08. The molecule has 1 aromatic carbocycles. The van der Waals surface area contributed by atoms with Gasteiger partial charge in [-0.15, -0.1) is 0 Å². The van der Waals surface area contributed by atoms with E-state index in [2.05, 4.69) is 12.2 Å². The first-order valence-corrected chi connectivity index (χ1v) is 5.79. The molecule has 2 rings (SSSR count). The van der Waals surface area contributed by atoms with Gasteiger partial charge in [-0.2, -0.15) is 0 Å². The van der Waals surface area contributed by atoms with Crippen LogP contribution in [-0.2, 0) is 0 Å². The second kappa shape index (κ2) is 4.16. The van der Waals surface area contributed by atoms with Gasteiger partial charge in [0.1, 0.15) is 0 Å². The zero-order chi connectivity index (χ0) is 11.6. The molecule has 0 atom stereocenters. The predicted octanol–water partition coefficient (Wildman–Crippen LogP) is 2.19. The zero-order valence-corrected chi connectivity index (χ0v) is 9.62. The summed E-state index contributed by atoms with van der Waals surface area (Å²) in [6.07, 6.45) is 3.62. The van der Waals surface area contributed by atoms with Crippen LogP contribution in [0.15, 0.2) is 24.3 Å². The maximum absolute atomic E-state index is 11.8. The van der Waals surface area contributed by atoms with Gasteiger partial charge in [0.15, 0.2) is 0 Å². The third-order valence-electron chi connectivity index (χ3n) is 3.48. The van der Waals surface area contributed by atoms with Gasteiger partial charge < -0.3 is 11.1 Å². The van der Waals surface area contributed by atoms with Crippen LogP contribution in [0, 0.1) is 5.41 Å². The normalized spacial score (nSPS) is 16.8. The SMILES string of the molecule is CCC1(CNC(=O)c2cccc(N)c2)CC1. The molecule has 1 amide bonds. The van der Waals surface area contributed by atoms with Crippen LogP contribution in [0.25, 0.3) is 0 Å². The predicted molar refractivity (Wildman–Crippen MR) is 65.1 cm³/mol. The fourth-order valence-electron chi connectivity index (χ4n) is 1.88. The van der Waals surface area contributed by atoms with Crippen molar-refractivity contribution in [3.05, 3.63) is 29.8 Å². The summed E-state index contributed by atoms with van der Waals surface area (Å²) in [5, 5.41) is 2.99. The van der Waals surface area contributed by atoms with Crippen molar-refractivity contribution in [1.29, 1.82) is 0 Å². The molecule has 1 aliphatic rings. The topological polar surface area (TPSA) is 55.1 Å². The van der Waals surface area contributed by atoms with E-state index in [1.165, 1.54) is 12.8 Å². The lowest BCUT2D eigenvalue weighted by Crippen LogP contribution is -2.29. The number of hydrogen-bond donors (Lipinski definition) is 2. The van der Waals surface area contributed by atoms with Crippen molar-refractivity contribution in [1.82, 2.24) is 5.32 Å². The molecule has 86 valence electrons. The Kier molecular flexibility index (Phi) is 2.86. The number of nitrogens with one attached hydrogen (secondary N) is 1. The van der Waals surface area contributed by atoms with Gasteiger partial charge in [-0.3, -0.25) is 4.79 Å². The molecule has 0 heterocycles. The van der Waals surface area contributed by atoms with Crippen LogP contribution in [0.2, 0.25) is 0 Å². The second-order valence-corrected chi connectivity index (χ2v) is 4.66. The number of nitrogens with two attached hydrogens (primary N) is 1. The highest BCUT2D eigenvalue weighted by molar-refractivity contribution is 5.95. The van der Waals surface area contributed by atoms with E-state index in [1.807, 2.05) is 0 Å². The van der Waals surface area contributed by atoms with Crippen molar-refractivity contribution in [2.24, 2.45) is 5.41 Å². The van der Waals surface area contributed by atoms with Crippen LogP contribution in [-0.4, -0.2) is 12.5 Å². The summed E-state index contributed by atoms with van der Waals surface area (Å²) in [7, 11) is 0. The lowest BCUT2D eigenvalue weighted by molar-refractivity contribution is 0.0944. The van der Waals surface area contributed by atoms with Gasteiger partial charge in [0, 0.05) is 17.8 Å². The molecule has 0 spiro atoms. The van der Waals surface area contributed by atoms with Gasteiger partial charge in [-0.1, -0.05) is 13.0 Å². The molecule has 3 nitrogen and oxygen atoms in total. The standard InChI is InChI=1S/C13H18N2O/c1-2-13(6-7-13)9-15-12(16)10-4-3-5-11(14)8-10/h3-5,8H,2,6-7,9,14H2,1H3,(H,15,16). The summed E-state index contributed by atoms with van der Waals surface area (Å²) in [4.78, 5) is 11.8. The average Bonchev–Trinajstić information content (AvgIpc) is 3.07. The maximum Gasteiger partial charge on any atom is 0.251 e. The first-order valence-electron chi connectivity index (χ1n) is 5.79. The molecule has 1 saturated carbocycles. The smallest absolute Gasteiger partial charge is 0.251 e. The molecular formula is C13H18N2O. The van der Waals surface area contributed by atoms with Crippen LogP contribution < -0.4 is 11.1 Å². The third-order valence-corrected chi connectivity index (χ3v) is 3.48. The molecule has 1 aromatic rings. The quantitative estimate of drug-likeness (QED) is 0.761. The third kappa shape index (κ3) is 2.35. The Morgan fingerprint density at radius 2 is 2.25 bits per heavy atom. The minimum Gasteiger partial charge on any atom is -0.399 e. The number of carbonyl (C=O) groups is 1. The first kappa shape index (κ1) is 11.0. The van der Waals surface area contributed by atoms with Gasteiger partial charge in [-0.05, 0) is 42.9 Å². The molecule has 0 radical (unpaired) electrons. The van der Waals surface area contributed by atoms with E-state index in [0.717, 1.165) is 13.0 Å². The largest absolute Gasteiger partial charge is 0.399 e. The number of nitrogen functional groups attached to an aromatic ring is 1. The van der Waals surface area contributed by atoms with Crippen LogP contribution in [0.1, 0.15) is 36.5 Å². The van der Waals surface area contributed by atoms with Crippen molar-refractivity contribution in [3.63, 3.8) is 0 Å². The van der Waals surface area contributed by atoms with Gasteiger partial charge in [0.25, 0.3) is 5.91 Å². The molecule has 3 heteroatoms. The summed E-state index contributed by atoms with van der Waals surface area (Å²) in [5.41, 5.74) is 7.30. The molecule has 0 unspecified atom stereocenters. The van der Waals surface area contributed by atoms with Crippen molar-refractivity contribution in [3.8, 4) is 0 Å². The van der Waals surface area contributed by atoms with Crippen LogP contribution in [0.3, 0.4) is 0 Å². The number of benzene rings is 1. The van der Waals surface area contributed by atoms with Crippen LogP contribution in [0.4, 0.5) is 5.69 Å². The van der Waals surface area contributed by atoms with E-state index in [-0.39, 0.29) is 5.91 Å². The fourth-order valence-corrected chi connectivity index (χ4v) is 1.88. The molecule has 0 aromatic heterocycles. The Morgan fingerprint density at radius 3 is 2.81 bits per heavy atom. The van der Waals surface area contributed by atoms with E-state index < -0.39 is 0 Å². The van der Waals surface area contributed by atoms with Gasteiger partial charge in [0.05, 0.1) is 0 Å². The molecule has 16 heavy (non-hydrogen) atoms. The Bertz CT molecular complexity index is 397. The highest BCUT2D eigenvalue weighted by Crippen LogP contribution is 2.47. The Balaban J connectivity index is 1.93. The molecule has 0 bridgehead atoms. The van der Waals surface area contributed by atoms with E-state index in [0.29, 0.717) is 16.7 Å². The van der Waals surface area contributed by atoms with Crippen molar-refractivity contribution >= 4 is 11.6 Å². The molecule has 1 fully saturated rings. The Morgan fingerprint density at radius 1 is 1.50 bits per heavy atom. The van der Waals surface area contributed by atoms with Crippen LogP contribution >= 0.6 is 0 Å². The van der Waals surface area contributed by atoms with E-state index in [9.17, 15) is 4.79 Å². The number of rotatable bonds is 4. The molecule has 1 aliphatic carbocycles. The molecule has 0 aliphatic heterocycles. The maximum atomic E-state index is 11.8. The summed E-state index contributed by atoms with van der Waals surface area (Å²) >= 11 is 0.